The molecule has 1 aliphatic heterocycles. The highest BCUT2D eigenvalue weighted by molar-refractivity contribution is 5.63. The molecule has 4 heterocycles. The van der Waals surface area contributed by atoms with E-state index >= 15 is 0 Å². The van der Waals surface area contributed by atoms with E-state index in [1.165, 1.54) is 0 Å². The fourth-order valence-electron chi connectivity index (χ4n) is 3.28. The SMILES string of the molecule is COc1cc2ncc(-c3ccc(C4COC4)c(N)n3)n2nc1C1CC1. The largest absolute Gasteiger partial charge is 0.495 e. The van der Waals surface area contributed by atoms with E-state index in [-0.39, 0.29) is 0 Å². The maximum Gasteiger partial charge on any atom is 0.157 e. The molecule has 0 radical (unpaired) electrons. The highest BCUT2D eigenvalue weighted by atomic mass is 16.5. The second-order valence-corrected chi connectivity index (χ2v) is 6.69. The number of nitrogen functional groups attached to an aromatic ring is 1. The third-order valence-electron chi connectivity index (χ3n) is 4.97. The van der Waals surface area contributed by atoms with Gasteiger partial charge in [0, 0.05) is 23.5 Å². The van der Waals surface area contributed by atoms with Crippen molar-refractivity contribution in [2.45, 2.75) is 24.7 Å². The fraction of sp³-hybridized carbons (Fsp3) is 0.389. The number of fused-ring (bicyclic) bond motifs is 1. The third kappa shape index (κ3) is 2.34. The summed E-state index contributed by atoms with van der Waals surface area (Å²) >= 11 is 0. The normalized spacial score (nSPS) is 17.6. The van der Waals surface area contributed by atoms with Gasteiger partial charge in [0.1, 0.15) is 23.0 Å². The van der Waals surface area contributed by atoms with E-state index in [0.717, 1.165) is 46.9 Å². The predicted molar refractivity (Wildman–Crippen MR) is 92.7 cm³/mol. The number of aromatic nitrogens is 4. The van der Waals surface area contributed by atoms with Gasteiger partial charge < -0.3 is 15.2 Å². The molecule has 1 aliphatic carbocycles. The Labute approximate surface area is 144 Å². The molecule has 0 aromatic carbocycles. The van der Waals surface area contributed by atoms with Crippen molar-refractivity contribution in [3.05, 3.63) is 35.7 Å². The van der Waals surface area contributed by atoms with E-state index in [9.17, 15) is 0 Å². The summed E-state index contributed by atoms with van der Waals surface area (Å²) in [5.74, 6) is 2.19. The maximum atomic E-state index is 6.18. The summed E-state index contributed by atoms with van der Waals surface area (Å²) in [6.45, 7) is 1.43. The van der Waals surface area contributed by atoms with Crippen molar-refractivity contribution in [1.29, 1.82) is 0 Å². The Hall–Kier alpha value is -2.67. The Morgan fingerprint density at radius 1 is 1.24 bits per heavy atom. The second kappa shape index (κ2) is 5.42. The van der Waals surface area contributed by atoms with Gasteiger partial charge in [-0.3, -0.25) is 0 Å². The zero-order chi connectivity index (χ0) is 17.0. The molecule has 0 atom stereocenters. The first kappa shape index (κ1) is 14.7. The van der Waals surface area contributed by atoms with Crippen LogP contribution in [-0.4, -0.2) is 39.9 Å². The van der Waals surface area contributed by atoms with Crippen LogP contribution in [0.5, 0.6) is 5.75 Å². The summed E-state index contributed by atoms with van der Waals surface area (Å²) in [7, 11) is 1.67. The number of nitrogens with zero attached hydrogens (tertiary/aromatic N) is 4. The van der Waals surface area contributed by atoms with E-state index in [4.69, 9.17) is 20.3 Å². The Morgan fingerprint density at radius 3 is 2.72 bits per heavy atom. The third-order valence-corrected chi connectivity index (χ3v) is 4.97. The molecule has 7 nitrogen and oxygen atoms in total. The molecule has 3 aromatic rings. The fourth-order valence-corrected chi connectivity index (χ4v) is 3.28. The van der Waals surface area contributed by atoms with Crippen LogP contribution in [0.25, 0.3) is 17.0 Å². The molecule has 2 N–H and O–H groups in total. The van der Waals surface area contributed by atoms with E-state index in [2.05, 4.69) is 9.97 Å². The molecule has 128 valence electrons. The van der Waals surface area contributed by atoms with Crippen molar-refractivity contribution >= 4 is 11.5 Å². The van der Waals surface area contributed by atoms with Crippen LogP contribution >= 0.6 is 0 Å². The van der Waals surface area contributed by atoms with Gasteiger partial charge in [-0.2, -0.15) is 5.10 Å². The highest BCUT2D eigenvalue weighted by Gasteiger charge is 2.30. The van der Waals surface area contributed by atoms with Crippen LogP contribution in [-0.2, 0) is 4.74 Å². The van der Waals surface area contributed by atoms with Crippen molar-refractivity contribution in [3.63, 3.8) is 0 Å². The quantitative estimate of drug-likeness (QED) is 0.786. The van der Waals surface area contributed by atoms with Crippen LogP contribution in [0.15, 0.2) is 24.4 Å². The number of pyridine rings is 1. The first-order chi connectivity index (χ1) is 12.2. The highest BCUT2D eigenvalue weighted by Crippen LogP contribution is 2.43. The molecule has 1 saturated carbocycles. The van der Waals surface area contributed by atoms with Crippen molar-refractivity contribution < 1.29 is 9.47 Å². The zero-order valence-corrected chi connectivity index (χ0v) is 14.0. The summed E-state index contributed by atoms with van der Waals surface area (Å²) in [5.41, 5.74) is 10.6. The first-order valence-electron chi connectivity index (χ1n) is 8.52. The Bertz CT molecular complexity index is 959. The predicted octanol–water partition coefficient (Wildman–Crippen LogP) is 2.37. The van der Waals surface area contributed by atoms with Gasteiger partial charge in [-0.05, 0) is 18.9 Å². The number of ether oxygens (including phenoxy) is 2. The van der Waals surface area contributed by atoms with E-state index in [1.54, 1.807) is 13.3 Å². The number of hydrogen-bond donors (Lipinski definition) is 1. The molecule has 25 heavy (non-hydrogen) atoms. The molecule has 0 bridgehead atoms. The molecule has 2 aliphatic rings. The lowest BCUT2D eigenvalue weighted by Gasteiger charge is -2.27. The summed E-state index contributed by atoms with van der Waals surface area (Å²) < 4.78 is 12.6. The van der Waals surface area contributed by atoms with Gasteiger partial charge in [-0.15, -0.1) is 0 Å². The Balaban J connectivity index is 1.60. The van der Waals surface area contributed by atoms with E-state index in [1.807, 2.05) is 22.7 Å². The first-order valence-corrected chi connectivity index (χ1v) is 8.52. The van der Waals surface area contributed by atoms with Crippen LogP contribution in [0, 0.1) is 0 Å². The maximum absolute atomic E-state index is 6.18. The Morgan fingerprint density at radius 2 is 2.08 bits per heavy atom. The minimum Gasteiger partial charge on any atom is -0.495 e. The average Bonchev–Trinajstić information content (AvgIpc) is 3.34. The number of imidazole rings is 1. The smallest absolute Gasteiger partial charge is 0.157 e. The van der Waals surface area contributed by atoms with Crippen molar-refractivity contribution in [2.75, 3.05) is 26.1 Å². The van der Waals surface area contributed by atoms with Crippen LogP contribution < -0.4 is 10.5 Å². The lowest BCUT2D eigenvalue weighted by atomic mass is 9.98. The Kier molecular flexibility index (Phi) is 3.18. The average molecular weight is 337 g/mol. The van der Waals surface area contributed by atoms with Gasteiger partial charge in [-0.1, -0.05) is 6.07 Å². The monoisotopic (exact) mass is 337 g/mol. The van der Waals surface area contributed by atoms with Crippen molar-refractivity contribution in [1.82, 2.24) is 19.6 Å². The second-order valence-electron chi connectivity index (χ2n) is 6.69. The van der Waals surface area contributed by atoms with Gasteiger partial charge in [0.2, 0.25) is 0 Å². The van der Waals surface area contributed by atoms with E-state index < -0.39 is 0 Å². The van der Waals surface area contributed by atoms with Crippen LogP contribution in [0.4, 0.5) is 5.82 Å². The lowest BCUT2D eigenvalue weighted by molar-refractivity contribution is 0.00861. The minimum absolute atomic E-state index is 0.354. The molecule has 5 rings (SSSR count). The molecule has 2 fully saturated rings. The lowest BCUT2D eigenvalue weighted by Crippen LogP contribution is -2.26. The zero-order valence-electron chi connectivity index (χ0n) is 14.0. The number of rotatable bonds is 4. The molecular weight excluding hydrogens is 318 g/mol. The van der Waals surface area contributed by atoms with Crippen molar-refractivity contribution in [2.24, 2.45) is 0 Å². The minimum atomic E-state index is 0.354. The van der Waals surface area contributed by atoms with Crippen LogP contribution in [0.2, 0.25) is 0 Å². The van der Waals surface area contributed by atoms with Crippen molar-refractivity contribution in [3.8, 4) is 17.1 Å². The molecule has 0 unspecified atom stereocenters. The summed E-state index contributed by atoms with van der Waals surface area (Å²) in [4.78, 5) is 9.05. The van der Waals surface area contributed by atoms with Crippen LogP contribution in [0.1, 0.15) is 35.9 Å². The van der Waals surface area contributed by atoms with Crippen LogP contribution in [0.3, 0.4) is 0 Å². The summed E-state index contributed by atoms with van der Waals surface area (Å²) in [6.07, 6.45) is 4.09. The van der Waals surface area contributed by atoms with Gasteiger partial charge >= 0.3 is 0 Å². The molecular formula is C18H19N5O2. The van der Waals surface area contributed by atoms with Gasteiger partial charge in [0.25, 0.3) is 0 Å². The standard InChI is InChI=1S/C18H19N5O2/c1-24-15-6-16-20-7-14(23(16)22-17(15)10-2-3-10)13-5-4-12(18(19)21-13)11-8-25-9-11/h4-7,10-11H,2-3,8-9H2,1H3,(H2,19,21). The van der Waals surface area contributed by atoms with Gasteiger partial charge in [0.15, 0.2) is 5.65 Å². The number of anilines is 1. The van der Waals surface area contributed by atoms with E-state index in [0.29, 0.717) is 30.9 Å². The number of hydrogen-bond acceptors (Lipinski definition) is 6. The molecule has 7 heteroatoms. The molecule has 1 saturated heterocycles. The number of nitrogens with two attached hydrogens (primary N) is 1. The van der Waals surface area contributed by atoms with Gasteiger partial charge in [0.05, 0.1) is 32.2 Å². The number of methoxy groups -OCH3 is 1. The molecule has 0 spiro atoms. The van der Waals surface area contributed by atoms with Gasteiger partial charge in [-0.25, -0.2) is 14.5 Å². The summed E-state index contributed by atoms with van der Waals surface area (Å²) in [5, 5.41) is 4.79. The molecule has 0 amide bonds. The topological polar surface area (TPSA) is 87.6 Å². The molecule has 3 aromatic heterocycles. The summed E-state index contributed by atoms with van der Waals surface area (Å²) in [6, 6.07) is 5.96.